The van der Waals surface area contributed by atoms with E-state index >= 15 is 0 Å². The van der Waals surface area contributed by atoms with Crippen LogP contribution in [0, 0.1) is 0 Å². The zero-order valence-corrected chi connectivity index (χ0v) is 6.35. The van der Waals surface area contributed by atoms with Crippen molar-refractivity contribution in [1.82, 2.24) is 0 Å². The molecule has 1 aliphatic heterocycles. The number of aliphatic imine (C=N–C) groups is 1. The molecule has 0 fully saturated rings. The molecule has 0 unspecified atom stereocenters. The van der Waals surface area contributed by atoms with Crippen LogP contribution in [0.3, 0.4) is 0 Å². The van der Waals surface area contributed by atoms with Gasteiger partial charge in [-0.2, -0.15) is 0 Å². The maximum absolute atomic E-state index is 4.33. The Bertz CT molecular complexity index is 98.3. The molecule has 0 saturated heterocycles. The van der Waals surface area contributed by atoms with Crippen LogP contribution in [-0.2, 0) is 0 Å². The van der Waals surface area contributed by atoms with Gasteiger partial charge in [0.05, 0.1) is 0 Å². The molecule has 0 aliphatic carbocycles. The van der Waals surface area contributed by atoms with Crippen molar-refractivity contribution in [3.63, 3.8) is 0 Å². The molecule has 1 nitrogen and oxygen atoms in total. The van der Waals surface area contributed by atoms with Crippen LogP contribution in [0.5, 0.6) is 0 Å². The zero-order chi connectivity index (χ0) is 5.28. The monoisotopic (exact) mass is 163 g/mol. The van der Waals surface area contributed by atoms with Crippen LogP contribution in [0.15, 0.2) is 4.99 Å². The summed E-state index contributed by atoms with van der Waals surface area (Å²) in [6.45, 7) is 4.31. The number of hydrogen-bond acceptors (Lipinski definition) is 1. The van der Waals surface area contributed by atoms with Crippen LogP contribution in [0.25, 0.3) is 0 Å². The standard InChI is InChI=1S/C5H9NSe/c1-4-3-7-5(2)6-4/h4H,3H2,1-2H3/t4-/m0/s1. The Morgan fingerprint density at radius 2 is 2.57 bits per heavy atom. The molecule has 0 radical (unpaired) electrons. The van der Waals surface area contributed by atoms with Gasteiger partial charge in [0.15, 0.2) is 0 Å². The van der Waals surface area contributed by atoms with Crippen LogP contribution < -0.4 is 0 Å². The molecule has 40 valence electrons. The fourth-order valence-corrected chi connectivity index (χ4v) is 2.33. The van der Waals surface area contributed by atoms with E-state index < -0.39 is 0 Å². The summed E-state index contributed by atoms with van der Waals surface area (Å²) in [5.74, 6) is 0. The van der Waals surface area contributed by atoms with Crippen molar-refractivity contribution in [1.29, 1.82) is 0 Å². The van der Waals surface area contributed by atoms with Gasteiger partial charge in [0.2, 0.25) is 0 Å². The Morgan fingerprint density at radius 1 is 1.86 bits per heavy atom. The quantitative estimate of drug-likeness (QED) is 0.470. The Labute approximate surface area is 50.4 Å². The fourth-order valence-electron chi connectivity index (χ4n) is 0.626. The fraction of sp³-hybridized carbons (Fsp3) is 0.800. The molecule has 1 atom stereocenters. The molecule has 7 heavy (non-hydrogen) atoms. The van der Waals surface area contributed by atoms with Gasteiger partial charge >= 0.3 is 49.8 Å². The average molecular weight is 162 g/mol. The van der Waals surface area contributed by atoms with Gasteiger partial charge in [0, 0.05) is 0 Å². The predicted octanol–water partition coefficient (Wildman–Crippen LogP) is 0.929. The summed E-state index contributed by atoms with van der Waals surface area (Å²) in [5.41, 5.74) is 0. The third kappa shape index (κ3) is 1.29. The summed E-state index contributed by atoms with van der Waals surface area (Å²) in [5, 5.41) is 1.33. The van der Waals surface area contributed by atoms with E-state index in [9.17, 15) is 0 Å². The SMILES string of the molecule is CC1=N[C@@H](C)C[Se]1. The van der Waals surface area contributed by atoms with Crippen molar-refractivity contribution in [3.05, 3.63) is 0 Å². The Hall–Kier alpha value is 0.189. The summed E-state index contributed by atoms with van der Waals surface area (Å²) < 4.78 is 1.39. The normalized spacial score (nSPS) is 30.6. The van der Waals surface area contributed by atoms with Gasteiger partial charge in [-0.1, -0.05) is 0 Å². The van der Waals surface area contributed by atoms with Crippen LogP contribution in [-0.4, -0.2) is 25.6 Å². The summed E-state index contributed by atoms with van der Waals surface area (Å²) in [7, 11) is 0. The first-order chi connectivity index (χ1) is 3.29. The van der Waals surface area contributed by atoms with Crippen molar-refractivity contribution >= 4 is 19.6 Å². The molecule has 0 aromatic carbocycles. The van der Waals surface area contributed by atoms with Gasteiger partial charge in [-0.05, 0) is 0 Å². The van der Waals surface area contributed by atoms with Gasteiger partial charge in [0.1, 0.15) is 0 Å². The van der Waals surface area contributed by atoms with Crippen LogP contribution in [0.1, 0.15) is 13.8 Å². The zero-order valence-electron chi connectivity index (χ0n) is 4.64. The van der Waals surface area contributed by atoms with E-state index in [1.165, 1.54) is 9.93 Å². The second kappa shape index (κ2) is 1.97. The molecule has 0 aromatic heterocycles. The third-order valence-corrected chi connectivity index (χ3v) is 3.40. The number of hydrogen-bond donors (Lipinski definition) is 0. The van der Waals surface area contributed by atoms with Crippen molar-refractivity contribution < 1.29 is 0 Å². The Balaban J connectivity index is 2.50. The Morgan fingerprint density at radius 3 is 2.71 bits per heavy atom. The minimum absolute atomic E-state index is 0.639. The first kappa shape index (κ1) is 5.33. The topological polar surface area (TPSA) is 12.4 Å². The summed E-state index contributed by atoms with van der Waals surface area (Å²) >= 11 is 0.749. The molecular formula is C5H9NSe. The first-order valence-corrected chi connectivity index (χ1v) is 4.53. The molecule has 0 saturated carbocycles. The first-order valence-electron chi connectivity index (χ1n) is 2.46. The molecule has 0 aromatic rings. The van der Waals surface area contributed by atoms with E-state index in [0.29, 0.717) is 6.04 Å². The van der Waals surface area contributed by atoms with Crippen molar-refractivity contribution in [3.8, 4) is 0 Å². The molecule has 2 heteroatoms. The Kier molecular flexibility index (Phi) is 1.50. The second-order valence-corrected chi connectivity index (χ2v) is 4.35. The van der Waals surface area contributed by atoms with Crippen molar-refractivity contribution in [2.75, 3.05) is 0 Å². The second-order valence-electron chi connectivity index (χ2n) is 1.81. The molecule has 1 heterocycles. The molecule has 0 bridgehead atoms. The van der Waals surface area contributed by atoms with Gasteiger partial charge in [-0.25, -0.2) is 0 Å². The van der Waals surface area contributed by atoms with E-state index in [0.717, 1.165) is 15.0 Å². The minimum atomic E-state index is 0.639. The van der Waals surface area contributed by atoms with Crippen LogP contribution >= 0.6 is 0 Å². The van der Waals surface area contributed by atoms with Gasteiger partial charge in [-0.3, -0.25) is 0 Å². The van der Waals surface area contributed by atoms with E-state index in [4.69, 9.17) is 0 Å². The molecule has 0 spiro atoms. The maximum atomic E-state index is 4.33. The van der Waals surface area contributed by atoms with E-state index in [1.54, 1.807) is 0 Å². The predicted molar refractivity (Wildman–Crippen MR) is 33.1 cm³/mol. The summed E-state index contributed by atoms with van der Waals surface area (Å²) in [6, 6.07) is 0.639. The van der Waals surface area contributed by atoms with E-state index in [1.807, 2.05) is 0 Å². The van der Waals surface area contributed by atoms with Crippen LogP contribution in [0.2, 0.25) is 5.32 Å². The van der Waals surface area contributed by atoms with Gasteiger partial charge < -0.3 is 0 Å². The number of nitrogens with zero attached hydrogens (tertiary/aromatic N) is 1. The molecule has 0 amide bonds. The van der Waals surface area contributed by atoms with E-state index in [-0.39, 0.29) is 0 Å². The van der Waals surface area contributed by atoms with Crippen molar-refractivity contribution in [2.24, 2.45) is 4.99 Å². The van der Waals surface area contributed by atoms with Crippen molar-refractivity contribution in [2.45, 2.75) is 25.2 Å². The van der Waals surface area contributed by atoms with E-state index in [2.05, 4.69) is 18.8 Å². The summed E-state index contributed by atoms with van der Waals surface area (Å²) in [6.07, 6.45) is 0. The molecule has 0 N–H and O–H groups in total. The number of rotatable bonds is 0. The molecular weight excluding hydrogens is 153 g/mol. The molecule has 1 rings (SSSR count). The molecule has 1 aliphatic rings. The average Bonchev–Trinajstić information content (AvgIpc) is 1.87. The van der Waals surface area contributed by atoms with Crippen LogP contribution in [0.4, 0.5) is 0 Å². The third-order valence-electron chi connectivity index (χ3n) is 0.936. The van der Waals surface area contributed by atoms with Gasteiger partial charge in [0.25, 0.3) is 0 Å². The summed E-state index contributed by atoms with van der Waals surface area (Å²) in [4.78, 5) is 4.33. The van der Waals surface area contributed by atoms with Gasteiger partial charge in [-0.15, -0.1) is 0 Å².